The van der Waals surface area contributed by atoms with Crippen molar-refractivity contribution in [1.82, 2.24) is 4.98 Å². The second kappa shape index (κ2) is 5.44. The van der Waals surface area contributed by atoms with Gasteiger partial charge in [-0.15, -0.1) is 0 Å². The van der Waals surface area contributed by atoms with E-state index in [1.807, 2.05) is 12.1 Å². The molecule has 0 radical (unpaired) electrons. The van der Waals surface area contributed by atoms with Gasteiger partial charge >= 0.3 is 0 Å². The van der Waals surface area contributed by atoms with E-state index in [1.54, 1.807) is 12.1 Å². The predicted octanol–water partition coefficient (Wildman–Crippen LogP) is 5.60. The fourth-order valence-corrected chi connectivity index (χ4v) is 1.91. The van der Waals surface area contributed by atoms with Gasteiger partial charge in [0.05, 0.1) is 5.02 Å². The van der Waals surface area contributed by atoms with Crippen molar-refractivity contribution >= 4 is 50.7 Å². The summed E-state index contributed by atoms with van der Waals surface area (Å²) in [5.41, 5.74) is 0. The second-order valence-corrected chi connectivity index (χ2v) is 5.19. The lowest BCUT2D eigenvalue weighted by Crippen LogP contribution is -1.90. The molecular formula is C11H5BrCl3NO. The van der Waals surface area contributed by atoms with E-state index < -0.39 is 0 Å². The number of rotatable bonds is 2. The summed E-state index contributed by atoms with van der Waals surface area (Å²) in [7, 11) is 0. The van der Waals surface area contributed by atoms with E-state index in [1.165, 1.54) is 6.07 Å². The van der Waals surface area contributed by atoms with Gasteiger partial charge in [-0.05, 0) is 30.3 Å². The molecule has 0 unspecified atom stereocenters. The summed E-state index contributed by atoms with van der Waals surface area (Å²) in [6, 6.07) is 8.75. The summed E-state index contributed by atoms with van der Waals surface area (Å²) >= 11 is 20.8. The van der Waals surface area contributed by atoms with Crippen LogP contribution >= 0.6 is 50.7 Å². The van der Waals surface area contributed by atoms with E-state index in [0.29, 0.717) is 15.8 Å². The van der Waals surface area contributed by atoms with Crippen molar-refractivity contribution in [3.63, 3.8) is 0 Å². The van der Waals surface area contributed by atoms with Crippen molar-refractivity contribution in [1.29, 1.82) is 0 Å². The molecule has 0 saturated heterocycles. The Bertz CT molecular complexity index is 545. The SMILES string of the molecule is Clc1cc(Cl)c(Oc2ccc(Br)cc2)nc1Cl. The fraction of sp³-hybridized carbons (Fsp3) is 0. The van der Waals surface area contributed by atoms with Crippen molar-refractivity contribution in [2.24, 2.45) is 0 Å². The highest BCUT2D eigenvalue weighted by atomic mass is 79.9. The van der Waals surface area contributed by atoms with Crippen LogP contribution in [0.3, 0.4) is 0 Å². The number of aromatic nitrogens is 1. The lowest BCUT2D eigenvalue weighted by atomic mass is 10.3. The molecule has 2 rings (SSSR count). The Morgan fingerprint density at radius 3 is 2.29 bits per heavy atom. The lowest BCUT2D eigenvalue weighted by Gasteiger charge is -2.07. The molecule has 6 heteroatoms. The average molecular weight is 353 g/mol. The van der Waals surface area contributed by atoms with Crippen LogP contribution in [0.1, 0.15) is 0 Å². The second-order valence-electron chi connectivity index (χ2n) is 3.10. The number of benzene rings is 1. The molecule has 2 nitrogen and oxygen atoms in total. The van der Waals surface area contributed by atoms with Crippen LogP contribution in [0, 0.1) is 0 Å². The first-order valence-corrected chi connectivity index (χ1v) is 6.44. The number of hydrogen-bond donors (Lipinski definition) is 0. The zero-order valence-corrected chi connectivity index (χ0v) is 12.1. The Morgan fingerprint density at radius 2 is 1.65 bits per heavy atom. The third-order valence-electron chi connectivity index (χ3n) is 1.88. The molecule has 2 aromatic rings. The first kappa shape index (κ1) is 13.0. The van der Waals surface area contributed by atoms with Gasteiger partial charge in [-0.25, -0.2) is 0 Å². The van der Waals surface area contributed by atoms with Crippen LogP contribution < -0.4 is 4.74 Å². The van der Waals surface area contributed by atoms with Gasteiger partial charge in [0.25, 0.3) is 0 Å². The first-order valence-electron chi connectivity index (χ1n) is 4.51. The summed E-state index contributed by atoms with van der Waals surface area (Å²) in [5.74, 6) is 0.837. The summed E-state index contributed by atoms with van der Waals surface area (Å²) < 4.78 is 6.45. The lowest BCUT2D eigenvalue weighted by molar-refractivity contribution is 0.463. The molecule has 0 N–H and O–H groups in total. The minimum absolute atomic E-state index is 0.156. The van der Waals surface area contributed by atoms with E-state index >= 15 is 0 Å². The van der Waals surface area contributed by atoms with Crippen LogP contribution in [0.15, 0.2) is 34.8 Å². The normalized spacial score (nSPS) is 10.4. The Morgan fingerprint density at radius 1 is 1.00 bits per heavy atom. The molecule has 0 amide bonds. The molecule has 0 saturated carbocycles. The molecule has 0 aliphatic rings. The van der Waals surface area contributed by atoms with Gasteiger partial charge in [0, 0.05) is 4.47 Å². The van der Waals surface area contributed by atoms with Gasteiger partial charge in [0.1, 0.15) is 10.8 Å². The maximum absolute atomic E-state index is 5.94. The number of halogens is 4. The van der Waals surface area contributed by atoms with E-state index in [0.717, 1.165) is 4.47 Å². The highest BCUT2D eigenvalue weighted by Gasteiger charge is 2.09. The zero-order valence-electron chi connectivity index (χ0n) is 8.25. The quantitative estimate of drug-likeness (QED) is 0.656. The summed E-state index contributed by atoms with van der Waals surface area (Å²) in [4.78, 5) is 3.96. The molecule has 1 heterocycles. The van der Waals surface area contributed by atoms with Gasteiger partial charge in [0.2, 0.25) is 5.88 Å². The van der Waals surface area contributed by atoms with Crippen molar-refractivity contribution in [2.45, 2.75) is 0 Å². The minimum atomic E-state index is 0.156. The van der Waals surface area contributed by atoms with Gasteiger partial charge in [-0.3, -0.25) is 0 Å². The fourth-order valence-electron chi connectivity index (χ4n) is 1.11. The Balaban J connectivity index is 2.30. The summed E-state index contributed by atoms with van der Waals surface area (Å²) in [5, 5.41) is 0.755. The molecule has 0 spiro atoms. The number of hydrogen-bond acceptors (Lipinski definition) is 2. The minimum Gasteiger partial charge on any atom is -0.437 e. The third kappa shape index (κ3) is 3.26. The van der Waals surface area contributed by atoms with Crippen LogP contribution in [0.4, 0.5) is 0 Å². The maximum atomic E-state index is 5.94. The molecule has 1 aromatic heterocycles. The first-order chi connectivity index (χ1) is 8.06. The van der Waals surface area contributed by atoms with E-state index in [9.17, 15) is 0 Å². The molecule has 0 aliphatic carbocycles. The Kier molecular flexibility index (Phi) is 4.15. The largest absolute Gasteiger partial charge is 0.437 e. The highest BCUT2D eigenvalue weighted by Crippen LogP contribution is 2.33. The molecule has 0 fully saturated rings. The molecule has 0 bridgehead atoms. The molecule has 0 aliphatic heterocycles. The van der Waals surface area contributed by atoms with Crippen LogP contribution in [0.5, 0.6) is 11.6 Å². The standard InChI is InChI=1S/C11H5BrCl3NO/c12-6-1-3-7(4-2-6)17-11-9(14)5-8(13)10(15)16-11/h1-5H. The highest BCUT2D eigenvalue weighted by molar-refractivity contribution is 9.10. The molecule has 0 atom stereocenters. The van der Waals surface area contributed by atoms with Gasteiger partial charge < -0.3 is 4.74 Å². The summed E-state index contributed by atoms with van der Waals surface area (Å²) in [6.45, 7) is 0. The maximum Gasteiger partial charge on any atom is 0.239 e. The monoisotopic (exact) mass is 351 g/mol. The molecule has 1 aromatic carbocycles. The molecule has 88 valence electrons. The average Bonchev–Trinajstić information content (AvgIpc) is 2.29. The third-order valence-corrected chi connectivity index (χ3v) is 3.36. The smallest absolute Gasteiger partial charge is 0.239 e. The van der Waals surface area contributed by atoms with Crippen molar-refractivity contribution in [3.05, 3.63) is 50.0 Å². The predicted molar refractivity (Wildman–Crippen MR) is 73.5 cm³/mol. The van der Waals surface area contributed by atoms with Crippen molar-refractivity contribution < 1.29 is 4.74 Å². The van der Waals surface area contributed by atoms with Crippen LogP contribution in [0.2, 0.25) is 15.2 Å². The molecular weight excluding hydrogens is 348 g/mol. The van der Waals surface area contributed by atoms with Gasteiger partial charge in [-0.1, -0.05) is 50.7 Å². The van der Waals surface area contributed by atoms with Gasteiger partial charge in [0.15, 0.2) is 5.15 Å². The zero-order chi connectivity index (χ0) is 12.4. The van der Waals surface area contributed by atoms with E-state index in [2.05, 4.69) is 20.9 Å². The van der Waals surface area contributed by atoms with E-state index in [4.69, 9.17) is 39.5 Å². The van der Waals surface area contributed by atoms with Crippen LogP contribution in [-0.4, -0.2) is 4.98 Å². The van der Waals surface area contributed by atoms with Gasteiger partial charge in [-0.2, -0.15) is 4.98 Å². The Labute approximate surface area is 122 Å². The number of pyridine rings is 1. The summed E-state index contributed by atoms with van der Waals surface area (Å²) in [6.07, 6.45) is 0. The van der Waals surface area contributed by atoms with Crippen molar-refractivity contribution in [3.8, 4) is 11.6 Å². The number of nitrogens with zero attached hydrogens (tertiary/aromatic N) is 1. The van der Waals surface area contributed by atoms with Crippen molar-refractivity contribution in [2.75, 3.05) is 0 Å². The van der Waals surface area contributed by atoms with Crippen LogP contribution in [-0.2, 0) is 0 Å². The van der Waals surface area contributed by atoms with E-state index in [-0.39, 0.29) is 11.0 Å². The molecule has 17 heavy (non-hydrogen) atoms. The Hall–Kier alpha value is -0.480. The van der Waals surface area contributed by atoms with Crippen LogP contribution in [0.25, 0.3) is 0 Å². The number of ether oxygens (including phenoxy) is 1. The topological polar surface area (TPSA) is 22.1 Å².